The molecule has 0 aliphatic rings. The molecule has 0 aromatic heterocycles. The zero-order chi connectivity index (χ0) is 13.5. The highest BCUT2D eigenvalue weighted by Crippen LogP contribution is 2.26. The standard InChI is InChI=1S/C14H21F2NS/c1-4-8-18-9-12(17-5-2)13-11(15)7-6-10(3)14(13)16/h6-7,12,17H,4-5,8-9H2,1-3H3. The van der Waals surface area contributed by atoms with Crippen molar-refractivity contribution in [2.75, 3.05) is 18.1 Å². The molecule has 0 aliphatic heterocycles. The van der Waals surface area contributed by atoms with E-state index >= 15 is 0 Å². The second-order valence-corrected chi connectivity index (χ2v) is 5.43. The minimum Gasteiger partial charge on any atom is -0.309 e. The van der Waals surface area contributed by atoms with Gasteiger partial charge >= 0.3 is 0 Å². The molecular weight excluding hydrogens is 252 g/mol. The maximum Gasteiger partial charge on any atom is 0.133 e. The van der Waals surface area contributed by atoms with Gasteiger partial charge in [-0.25, -0.2) is 8.78 Å². The summed E-state index contributed by atoms with van der Waals surface area (Å²) in [5.74, 6) is 0.829. The molecule has 18 heavy (non-hydrogen) atoms. The lowest BCUT2D eigenvalue weighted by Crippen LogP contribution is -2.25. The predicted octanol–water partition coefficient (Wildman–Crippen LogP) is 4.07. The van der Waals surface area contributed by atoms with Crippen molar-refractivity contribution in [2.24, 2.45) is 0 Å². The van der Waals surface area contributed by atoms with E-state index in [-0.39, 0.29) is 11.6 Å². The van der Waals surface area contributed by atoms with Gasteiger partial charge in [0.2, 0.25) is 0 Å². The smallest absolute Gasteiger partial charge is 0.133 e. The highest BCUT2D eigenvalue weighted by Gasteiger charge is 2.20. The van der Waals surface area contributed by atoms with Crippen LogP contribution in [0.1, 0.15) is 37.4 Å². The monoisotopic (exact) mass is 273 g/mol. The third kappa shape index (κ3) is 3.95. The van der Waals surface area contributed by atoms with Crippen molar-refractivity contribution < 1.29 is 8.78 Å². The van der Waals surface area contributed by atoms with Crippen LogP contribution in [-0.2, 0) is 0 Å². The first-order valence-electron chi connectivity index (χ1n) is 6.37. The summed E-state index contributed by atoms with van der Waals surface area (Å²) < 4.78 is 27.9. The Bertz CT molecular complexity index is 382. The number of halogens is 2. The van der Waals surface area contributed by atoms with Crippen LogP contribution in [-0.4, -0.2) is 18.1 Å². The number of hydrogen-bond donors (Lipinski definition) is 1. The zero-order valence-electron chi connectivity index (χ0n) is 11.2. The average Bonchev–Trinajstić information content (AvgIpc) is 2.35. The number of hydrogen-bond acceptors (Lipinski definition) is 2. The van der Waals surface area contributed by atoms with Crippen LogP contribution in [0.25, 0.3) is 0 Å². The molecule has 0 aliphatic carbocycles. The van der Waals surface area contributed by atoms with Gasteiger partial charge in [0.05, 0.1) is 0 Å². The molecule has 102 valence electrons. The van der Waals surface area contributed by atoms with Crippen molar-refractivity contribution in [3.05, 3.63) is 34.9 Å². The van der Waals surface area contributed by atoms with Crippen molar-refractivity contribution in [1.82, 2.24) is 5.32 Å². The van der Waals surface area contributed by atoms with Gasteiger partial charge in [0, 0.05) is 17.4 Å². The second-order valence-electron chi connectivity index (χ2n) is 4.28. The minimum absolute atomic E-state index is 0.181. The fourth-order valence-corrected chi connectivity index (χ4v) is 2.81. The molecule has 1 aromatic rings. The van der Waals surface area contributed by atoms with Crippen molar-refractivity contribution in [3.63, 3.8) is 0 Å². The lowest BCUT2D eigenvalue weighted by Gasteiger charge is -2.20. The van der Waals surface area contributed by atoms with Crippen LogP contribution < -0.4 is 5.32 Å². The summed E-state index contributed by atoms with van der Waals surface area (Å²) >= 11 is 1.72. The van der Waals surface area contributed by atoms with Crippen molar-refractivity contribution >= 4 is 11.8 Å². The summed E-state index contributed by atoms with van der Waals surface area (Å²) in [6, 6.07) is 2.57. The van der Waals surface area contributed by atoms with Gasteiger partial charge in [-0.3, -0.25) is 0 Å². The highest BCUT2D eigenvalue weighted by molar-refractivity contribution is 7.99. The lowest BCUT2D eigenvalue weighted by molar-refractivity contribution is 0.496. The van der Waals surface area contributed by atoms with Gasteiger partial charge in [-0.05, 0) is 37.3 Å². The van der Waals surface area contributed by atoms with E-state index in [1.165, 1.54) is 12.1 Å². The SMILES string of the molecule is CCCSCC(NCC)c1c(F)ccc(C)c1F. The summed E-state index contributed by atoms with van der Waals surface area (Å²) in [4.78, 5) is 0. The van der Waals surface area contributed by atoms with Gasteiger partial charge in [0.25, 0.3) is 0 Å². The molecule has 0 saturated carbocycles. The maximum atomic E-state index is 14.1. The summed E-state index contributed by atoms with van der Waals surface area (Å²) in [5, 5.41) is 3.17. The van der Waals surface area contributed by atoms with Crippen molar-refractivity contribution in [1.29, 1.82) is 0 Å². The molecule has 0 saturated heterocycles. The highest BCUT2D eigenvalue weighted by atomic mass is 32.2. The van der Waals surface area contributed by atoms with Gasteiger partial charge in [-0.1, -0.05) is 19.9 Å². The first kappa shape index (κ1) is 15.4. The molecule has 0 bridgehead atoms. The zero-order valence-corrected chi connectivity index (χ0v) is 12.0. The van der Waals surface area contributed by atoms with Crippen LogP contribution in [0.2, 0.25) is 0 Å². The Morgan fingerprint density at radius 3 is 2.61 bits per heavy atom. The molecule has 1 N–H and O–H groups in total. The van der Waals surface area contributed by atoms with Gasteiger partial charge in [-0.15, -0.1) is 0 Å². The molecule has 1 rings (SSSR count). The molecule has 1 aromatic carbocycles. The third-order valence-corrected chi connectivity index (χ3v) is 4.02. The molecule has 4 heteroatoms. The fraction of sp³-hybridized carbons (Fsp3) is 0.571. The number of aryl methyl sites for hydroxylation is 1. The molecule has 0 heterocycles. The Morgan fingerprint density at radius 2 is 2.00 bits per heavy atom. The summed E-state index contributed by atoms with van der Waals surface area (Å²) in [6.45, 7) is 6.41. The van der Waals surface area contributed by atoms with Crippen LogP contribution in [0.5, 0.6) is 0 Å². The Balaban J connectivity index is 2.93. The quantitative estimate of drug-likeness (QED) is 0.752. The van der Waals surface area contributed by atoms with E-state index in [9.17, 15) is 8.78 Å². The molecule has 0 radical (unpaired) electrons. The number of benzene rings is 1. The van der Waals surface area contributed by atoms with Crippen molar-refractivity contribution in [3.8, 4) is 0 Å². The first-order valence-corrected chi connectivity index (χ1v) is 7.52. The van der Waals surface area contributed by atoms with E-state index < -0.39 is 11.6 Å². The van der Waals surface area contributed by atoms with E-state index in [1.807, 2.05) is 6.92 Å². The van der Waals surface area contributed by atoms with Gasteiger partial charge in [0.1, 0.15) is 11.6 Å². The summed E-state index contributed by atoms with van der Waals surface area (Å²) in [7, 11) is 0. The van der Waals surface area contributed by atoms with Crippen LogP contribution in [0.15, 0.2) is 12.1 Å². The van der Waals surface area contributed by atoms with E-state index in [0.29, 0.717) is 17.9 Å². The van der Waals surface area contributed by atoms with Gasteiger partial charge in [-0.2, -0.15) is 11.8 Å². The average molecular weight is 273 g/mol. The molecular formula is C14H21F2NS. The summed E-state index contributed by atoms with van der Waals surface area (Å²) in [5.41, 5.74) is 0.676. The molecule has 0 amide bonds. The molecule has 0 spiro atoms. The topological polar surface area (TPSA) is 12.0 Å². The minimum atomic E-state index is -0.457. The van der Waals surface area contributed by atoms with Crippen LogP contribution in [0, 0.1) is 18.6 Å². The molecule has 0 fully saturated rings. The van der Waals surface area contributed by atoms with E-state index in [0.717, 1.165) is 12.2 Å². The normalized spacial score (nSPS) is 12.7. The van der Waals surface area contributed by atoms with Crippen molar-refractivity contribution in [2.45, 2.75) is 33.2 Å². The van der Waals surface area contributed by atoms with Crippen LogP contribution in [0.3, 0.4) is 0 Å². The Hall–Kier alpha value is -0.610. The summed E-state index contributed by atoms with van der Waals surface area (Å²) in [6.07, 6.45) is 1.07. The lowest BCUT2D eigenvalue weighted by atomic mass is 10.0. The first-order chi connectivity index (χ1) is 8.61. The number of rotatable bonds is 7. The second kappa shape index (κ2) is 7.74. The molecule has 1 unspecified atom stereocenters. The number of thioether (sulfide) groups is 1. The van der Waals surface area contributed by atoms with Crippen LogP contribution >= 0.6 is 11.8 Å². The Kier molecular flexibility index (Phi) is 6.65. The van der Waals surface area contributed by atoms with Gasteiger partial charge < -0.3 is 5.32 Å². The number of nitrogens with one attached hydrogen (secondary N) is 1. The van der Waals surface area contributed by atoms with Gasteiger partial charge in [0.15, 0.2) is 0 Å². The Morgan fingerprint density at radius 1 is 1.28 bits per heavy atom. The van der Waals surface area contributed by atoms with E-state index in [2.05, 4.69) is 12.2 Å². The third-order valence-electron chi connectivity index (χ3n) is 2.75. The predicted molar refractivity (Wildman–Crippen MR) is 75.1 cm³/mol. The van der Waals surface area contributed by atoms with E-state index in [4.69, 9.17) is 0 Å². The largest absolute Gasteiger partial charge is 0.309 e. The van der Waals surface area contributed by atoms with Crippen LogP contribution in [0.4, 0.5) is 8.78 Å². The Labute approximate surface area is 112 Å². The molecule has 1 nitrogen and oxygen atoms in total. The maximum absolute atomic E-state index is 14.1. The fourth-order valence-electron chi connectivity index (χ4n) is 1.83. The molecule has 1 atom stereocenters. The van der Waals surface area contributed by atoms with E-state index in [1.54, 1.807) is 18.7 Å².